The van der Waals surface area contributed by atoms with Gasteiger partial charge in [0.25, 0.3) is 0 Å². The third kappa shape index (κ3) is 2.32. The van der Waals surface area contributed by atoms with Crippen LogP contribution < -0.4 is 0 Å². The number of carbonyl (C=O) groups excluding carboxylic acids is 1. The molecule has 1 heterocycles. The molecule has 7 nitrogen and oxygen atoms in total. The highest BCUT2D eigenvalue weighted by molar-refractivity contribution is 5.93. The van der Waals surface area contributed by atoms with Gasteiger partial charge >= 0.3 is 5.97 Å². The number of aliphatic hydroxyl groups is 2. The molecule has 1 fully saturated rings. The van der Waals surface area contributed by atoms with Gasteiger partial charge in [-0.2, -0.15) is 0 Å². The first-order valence-corrected chi connectivity index (χ1v) is 4.38. The van der Waals surface area contributed by atoms with Crippen LogP contribution in [0.1, 0.15) is 6.92 Å². The predicted octanol–water partition coefficient (Wildman–Crippen LogP) is -1.88. The molecule has 0 aliphatic carbocycles. The fraction of sp³-hybridized carbons (Fsp3) is 0.750. The maximum Gasteiger partial charge on any atom is 0.336 e. The summed E-state index contributed by atoms with van der Waals surface area (Å²) in [5.41, 5.74) is 0. The van der Waals surface area contributed by atoms with Gasteiger partial charge in [-0.15, -0.1) is 0 Å². The SMILES string of the molecule is CCO[C@@H]1O[C@H](C(=O)O)[C@@H](O)C(=O)[C@H]1O. The molecular formula is C8H12O7. The molecule has 0 saturated carbocycles. The Morgan fingerprint density at radius 2 is 2.07 bits per heavy atom. The summed E-state index contributed by atoms with van der Waals surface area (Å²) >= 11 is 0. The summed E-state index contributed by atoms with van der Waals surface area (Å²) in [6, 6.07) is 0. The van der Waals surface area contributed by atoms with E-state index in [4.69, 9.17) is 14.6 Å². The van der Waals surface area contributed by atoms with E-state index < -0.39 is 36.4 Å². The highest BCUT2D eigenvalue weighted by Gasteiger charge is 2.47. The Bertz CT molecular complexity index is 264. The van der Waals surface area contributed by atoms with Crippen LogP contribution in [0.5, 0.6) is 0 Å². The molecule has 1 rings (SSSR count). The normalized spacial score (nSPS) is 36.6. The number of carboxylic acid groups (broad SMARTS) is 1. The molecule has 1 aliphatic rings. The number of ether oxygens (including phenoxy) is 2. The van der Waals surface area contributed by atoms with Crippen LogP contribution in [-0.4, -0.2) is 58.3 Å². The lowest BCUT2D eigenvalue weighted by atomic mass is 10.0. The number of hydrogen-bond donors (Lipinski definition) is 3. The minimum absolute atomic E-state index is 0.150. The first kappa shape index (κ1) is 12.1. The molecule has 7 heteroatoms. The van der Waals surface area contributed by atoms with Crippen LogP contribution in [0.3, 0.4) is 0 Å². The minimum Gasteiger partial charge on any atom is -0.479 e. The van der Waals surface area contributed by atoms with Crippen molar-refractivity contribution in [1.82, 2.24) is 0 Å². The Morgan fingerprint density at radius 3 is 2.53 bits per heavy atom. The van der Waals surface area contributed by atoms with E-state index in [9.17, 15) is 19.8 Å². The topological polar surface area (TPSA) is 113 Å². The van der Waals surface area contributed by atoms with Gasteiger partial charge in [0.15, 0.2) is 30.4 Å². The van der Waals surface area contributed by atoms with Gasteiger partial charge < -0.3 is 24.8 Å². The van der Waals surface area contributed by atoms with E-state index in [1.165, 1.54) is 0 Å². The summed E-state index contributed by atoms with van der Waals surface area (Å²) in [7, 11) is 0. The van der Waals surface area contributed by atoms with Crippen LogP contribution in [-0.2, 0) is 19.1 Å². The summed E-state index contributed by atoms with van der Waals surface area (Å²) in [4.78, 5) is 21.8. The molecular weight excluding hydrogens is 208 g/mol. The van der Waals surface area contributed by atoms with Crippen molar-refractivity contribution in [1.29, 1.82) is 0 Å². The summed E-state index contributed by atoms with van der Waals surface area (Å²) in [5, 5.41) is 27.1. The smallest absolute Gasteiger partial charge is 0.336 e. The molecule has 0 radical (unpaired) electrons. The van der Waals surface area contributed by atoms with E-state index >= 15 is 0 Å². The van der Waals surface area contributed by atoms with E-state index in [-0.39, 0.29) is 6.61 Å². The van der Waals surface area contributed by atoms with Crippen molar-refractivity contribution in [3.8, 4) is 0 Å². The zero-order valence-electron chi connectivity index (χ0n) is 7.99. The van der Waals surface area contributed by atoms with E-state index in [0.717, 1.165) is 0 Å². The van der Waals surface area contributed by atoms with E-state index in [0.29, 0.717) is 0 Å². The second-order valence-corrected chi connectivity index (χ2v) is 3.01. The number of rotatable bonds is 3. The van der Waals surface area contributed by atoms with Gasteiger partial charge in [0.1, 0.15) is 0 Å². The average Bonchev–Trinajstić information content (AvgIpc) is 2.18. The van der Waals surface area contributed by atoms with Gasteiger partial charge in [-0.3, -0.25) is 4.79 Å². The second-order valence-electron chi connectivity index (χ2n) is 3.01. The highest BCUT2D eigenvalue weighted by Crippen LogP contribution is 2.18. The molecule has 4 atom stereocenters. The van der Waals surface area contributed by atoms with Gasteiger partial charge in [-0.05, 0) is 6.92 Å². The third-order valence-electron chi connectivity index (χ3n) is 1.98. The van der Waals surface area contributed by atoms with E-state index in [1.807, 2.05) is 0 Å². The van der Waals surface area contributed by atoms with Crippen molar-refractivity contribution >= 4 is 11.8 Å². The maximum absolute atomic E-state index is 11.2. The Labute approximate surface area is 85.2 Å². The van der Waals surface area contributed by atoms with Crippen molar-refractivity contribution < 1.29 is 34.4 Å². The van der Waals surface area contributed by atoms with Crippen LogP contribution in [0.25, 0.3) is 0 Å². The Morgan fingerprint density at radius 1 is 1.47 bits per heavy atom. The van der Waals surface area contributed by atoms with Crippen molar-refractivity contribution in [2.75, 3.05) is 6.61 Å². The lowest BCUT2D eigenvalue weighted by molar-refractivity contribution is -0.250. The minimum atomic E-state index is -1.87. The fourth-order valence-corrected chi connectivity index (χ4v) is 1.24. The number of ketones is 1. The zero-order chi connectivity index (χ0) is 11.6. The molecule has 0 spiro atoms. The zero-order valence-corrected chi connectivity index (χ0v) is 7.99. The molecule has 0 aromatic rings. The molecule has 0 aromatic carbocycles. The van der Waals surface area contributed by atoms with Crippen LogP contribution in [0.4, 0.5) is 0 Å². The molecule has 0 amide bonds. The molecule has 1 aliphatic heterocycles. The lowest BCUT2D eigenvalue weighted by Gasteiger charge is -2.33. The first-order valence-electron chi connectivity index (χ1n) is 4.38. The third-order valence-corrected chi connectivity index (χ3v) is 1.98. The Balaban J connectivity index is 2.80. The summed E-state index contributed by atoms with van der Waals surface area (Å²) < 4.78 is 9.57. The van der Waals surface area contributed by atoms with Crippen molar-refractivity contribution in [3.63, 3.8) is 0 Å². The molecule has 0 aromatic heterocycles. The number of carbonyl (C=O) groups is 2. The number of aliphatic hydroxyl groups excluding tert-OH is 2. The first-order chi connectivity index (χ1) is 6.99. The summed E-state index contributed by atoms with van der Waals surface area (Å²) in [6.07, 6.45) is -6.56. The van der Waals surface area contributed by atoms with E-state index in [1.54, 1.807) is 6.92 Å². The Hall–Kier alpha value is -1.02. The van der Waals surface area contributed by atoms with Crippen LogP contribution in [0, 0.1) is 0 Å². The van der Waals surface area contributed by atoms with Crippen LogP contribution in [0.2, 0.25) is 0 Å². The number of carboxylic acids is 1. The van der Waals surface area contributed by atoms with E-state index in [2.05, 4.69) is 0 Å². The molecule has 0 bridgehead atoms. The molecule has 86 valence electrons. The highest BCUT2D eigenvalue weighted by atomic mass is 16.7. The standard InChI is InChI=1S/C8H12O7/c1-2-14-8-5(11)3(9)4(10)6(15-8)7(12)13/h4-6,8,10-11H,2H2,1H3,(H,12,13)/t4-,5+,6-,8+/m0/s1. The maximum atomic E-state index is 11.2. The fourth-order valence-electron chi connectivity index (χ4n) is 1.24. The largest absolute Gasteiger partial charge is 0.479 e. The molecule has 3 N–H and O–H groups in total. The predicted molar refractivity (Wildman–Crippen MR) is 44.9 cm³/mol. The van der Waals surface area contributed by atoms with Crippen LogP contribution >= 0.6 is 0 Å². The molecule has 15 heavy (non-hydrogen) atoms. The van der Waals surface area contributed by atoms with Gasteiger partial charge in [-0.1, -0.05) is 0 Å². The van der Waals surface area contributed by atoms with Gasteiger partial charge in [0.05, 0.1) is 0 Å². The summed E-state index contributed by atoms with van der Waals surface area (Å²) in [5.74, 6) is -2.49. The quantitative estimate of drug-likeness (QED) is 0.510. The monoisotopic (exact) mass is 220 g/mol. The van der Waals surface area contributed by atoms with Crippen molar-refractivity contribution in [2.45, 2.75) is 31.5 Å². The van der Waals surface area contributed by atoms with Crippen LogP contribution in [0.15, 0.2) is 0 Å². The average molecular weight is 220 g/mol. The molecule has 1 saturated heterocycles. The van der Waals surface area contributed by atoms with Gasteiger partial charge in [-0.25, -0.2) is 4.79 Å². The van der Waals surface area contributed by atoms with Gasteiger partial charge in [0, 0.05) is 6.61 Å². The number of hydrogen-bond acceptors (Lipinski definition) is 6. The Kier molecular flexibility index (Phi) is 3.75. The van der Waals surface area contributed by atoms with Crippen molar-refractivity contribution in [3.05, 3.63) is 0 Å². The number of Topliss-reactive ketones (excluding diaryl/α,β-unsaturated/α-hetero) is 1. The second kappa shape index (κ2) is 4.67. The lowest BCUT2D eigenvalue weighted by Crippen LogP contribution is -2.58. The van der Waals surface area contributed by atoms with Gasteiger partial charge in [0.2, 0.25) is 0 Å². The van der Waals surface area contributed by atoms with Crippen molar-refractivity contribution in [2.24, 2.45) is 0 Å². The number of aliphatic carboxylic acids is 1. The molecule has 0 unspecified atom stereocenters. The summed E-state index contributed by atoms with van der Waals surface area (Å²) in [6.45, 7) is 1.75.